The van der Waals surface area contributed by atoms with Crippen molar-refractivity contribution in [3.8, 4) is 0 Å². The summed E-state index contributed by atoms with van der Waals surface area (Å²) in [5.74, 6) is 0. The molecule has 0 amide bonds. The molecule has 0 saturated carbocycles. The van der Waals surface area contributed by atoms with E-state index in [1.165, 1.54) is 0 Å². The first-order chi connectivity index (χ1) is 8.77. The lowest BCUT2D eigenvalue weighted by atomic mass is 9.99. The van der Waals surface area contributed by atoms with Crippen molar-refractivity contribution in [3.63, 3.8) is 0 Å². The number of fused-ring (bicyclic) bond motifs is 1. The third-order valence-electron chi connectivity index (χ3n) is 3.20. The predicted octanol–water partition coefficient (Wildman–Crippen LogP) is 0.643. The summed E-state index contributed by atoms with van der Waals surface area (Å²) in [4.78, 5) is 0. The minimum absolute atomic E-state index is 0.191. The Hall–Kier alpha value is -0.110. The van der Waals surface area contributed by atoms with Crippen LogP contribution >= 0.6 is 12.6 Å². The summed E-state index contributed by atoms with van der Waals surface area (Å²) in [6.07, 6.45) is 2.99. The fourth-order valence-electron chi connectivity index (χ4n) is 2.30. The number of ether oxygens (including phenoxy) is 5. The van der Waals surface area contributed by atoms with E-state index in [0.29, 0.717) is 19.8 Å². The zero-order valence-electron chi connectivity index (χ0n) is 10.7. The number of thiol groups is 1. The summed E-state index contributed by atoms with van der Waals surface area (Å²) >= 11 is 4.40. The van der Waals surface area contributed by atoms with Crippen molar-refractivity contribution in [1.29, 1.82) is 0 Å². The molecule has 0 N–H and O–H groups in total. The second kappa shape index (κ2) is 6.88. The minimum Gasteiger partial charge on any atom is -0.376 e. The maximum atomic E-state index is 5.82. The van der Waals surface area contributed by atoms with Crippen molar-refractivity contribution < 1.29 is 23.7 Å². The zero-order valence-corrected chi connectivity index (χ0v) is 11.5. The molecular weight excluding hydrogens is 256 g/mol. The van der Waals surface area contributed by atoms with E-state index in [1.54, 1.807) is 14.2 Å². The smallest absolute Gasteiger partial charge is 0.129 e. The number of hydrogen-bond acceptors (Lipinski definition) is 6. The summed E-state index contributed by atoms with van der Waals surface area (Å²) in [6, 6.07) is 0. The van der Waals surface area contributed by atoms with Crippen molar-refractivity contribution in [3.05, 3.63) is 12.2 Å². The first-order valence-electron chi connectivity index (χ1n) is 6.01. The zero-order chi connectivity index (χ0) is 13.0. The molecule has 1 saturated heterocycles. The van der Waals surface area contributed by atoms with Crippen LogP contribution in [0.15, 0.2) is 12.2 Å². The Labute approximate surface area is 113 Å². The van der Waals surface area contributed by atoms with Gasteiger partial charge in [-0.15, -0.1) is 12.6 Å². The monoisotopic (exact) mass is 276 g/mol. The number of hydrogen-bond donors (Lipinski definition) is 1. The molecule has 0 aromatic carbocycles. The third kappa shape index (κ3) is 3.07. The minimum atomic E-state index is -0.345. The van der Waals surface area contributed by atoms with E-state index in [9.17, 15) is 0 Å². The standard InChI is InChI=1S/C12H20O5S/c1-13-10-9-8(17-12(18)11(10)14-2)7-15-5-3-4-6-16-9/h3-4,8-12,18H,5-7H2,1-2H3/t8-,9-,10+,11-,12+/m1/s1. The van der Waals surface area contributed by atoms with Crippen molar-refractivity contribution >= 4 is 12.6 Å². The summed E-state index contributed by atoms with van der Waals surface area (Å²) in [7, 11) is 3.27. The molecule has 18 heavy (non-hydrogen) atoms. The van der Waals surface area contributed by atoms with Crippen LogP contribution in [0, 0.1) is 0 Å². The molecule has 5 nitrogen and oxygen atoms in total. The van der Waals surface area contributed by atoms with Gasteiger partial charge < -0.3 is 23.7 Å². The first-order valence-corrected chi connectivity index (χ1v) is 6.53. The van der Waals surface area contributed by atoms with E-state index >= 15 is 0 Å². The van der Waals surface area contributed by atoms with E-state index in [2.05, 4.69) is 12.6 Å². The second-order valence-electron chi connectivity index (χ2n) is 4.27. The molecule has 0 unspecified atom stereocenters. The van der Waals surface area contributed by atoms with Crippen LogP contribution in [0.25, 0.3) is 0 Å². The van der Waals surface area contributed by atoms with Gasteiger partial charge in [0.2, 0.25) is 0 Å². The molecule has 0 bridgehead atoms. The Morgan fingerprint density at radius 1 is 1.11 bits per heavy atom. The molecule has 2 heterocycles. The van der Waals surface area contributed by atoms with Crippen molar-refractivity contribution in [2.45, 2.75) is 29.9 Å². The molecule has 6 heteroatoms. The molecule has 2 aliphatic rings. The van der Waals surface area contributed by atoms with Gasteiger partial charge in [0.05, 0.1) is 19.8 Å². The molecular formula is C12H20O5S. The maximum absolute atomic E-state index is 5.82. The highest BCUT2D eigenvalue weighted by molar-refractivity contribution is 7.80. The van der Waals surface area contributed by atoms with Crippen LogP contribution in [0.5, 0.6) is 0 Å². The Balaban J connectivity index is 2.13. The maximum Gasteiger partial charge on any atom is 0.129 e. The fraction of sp³-hybridized carbons (Fsp3) is 0.833. The second-order valence-corrected chi connectivity index (χ2v) is 4.78. The number of rotatable bonds is 2. The van der Waals surface area contributed by atoms with Crippen LogP contribution in [0.3, 0.4) is 0 Å². The van der Waals surface area contributed by atoms with E-state index in [0.717, 1.165) is 0 Å². The average Bonchev–Trinajstić information content (AvgIpc) is 2.48. The summed E-state index contributed by atoms with van der Waals surface area (Å²) in [6.45, 7) is 1.54. The molecule has 0 spiro atoms. The molecule has 0 aromatic rings. The lowest BCUT2D eigenvalue weighted by molar-refractivity contribution is -0.232. The molecule has 5 atom stereocenters. The third-order valence-corrected chi connectivity index (χ3v) is 3.62. The van der Waals surface area contributed by atoms with E-state index in [4.69, 9.17) is 23.7 Å². The molecule has 2 aliphatic heterocycles. The topological polar surface area (TPSA) is 46.2 Å². The van der Waals surface area contributed by atoms with Gasteiger partial charge in [0.1, 0.15) is 29.9 Å². The summed E-state index contributed by atoms with van der Waals surface area (Å²) in [5.41, 5.74) is -0.345. The highest BCUT2D eigenvalue weighted by Gasteiger charge is 2.46. The van der Waals surface area contributed by atoms with Crippen molar-refractivity contribution in [2.75, 3.05) is 34.0 Å². The van der Waals surface area contributed by atoms with Gasteiger partial charge in [-0.2, -0.15) is 0 Å². The van der Waals surface area contributed by atoms with Crippen LogP contribution in [-0.2, 0) is 23.7 Å². The van der Waals surface area contributed by atoms with E-state index in [1.807, 2.05) is 12.2 Å². The van der Waals surface area contributed by atoms with Crippen LogP contribution in [-0.4, -0.2) is 63.9 Å². The SMILES string of the molecule is CO[C@@H]1[C@@H](OC)[C@H](S)O[C@@H]2COCC=CCO[C@@H]12. The van der Waals surface area contributed by atoms with Crippen LogP contribution < -0.4 is 0 Å². The predicted molar refractivity (Wildman–Crippen MR) is 68.9 cm³/mol. The molecule has 0 aliphatic carbocycles. The average molecular weight is 276 g/mol. The fourth-order valence-corrected chi connectivity index (χ4v) is 2.75. The lowest BCUT2D eigenvalue weighted by Crippen LogP contribution is -2.59. The van der Waals surface area contributed by atoms with Gasteiger partial charge in [-0.3, -0.25) is 0 Å². The molecule has 1 fully saturated rings. The Bertz CT molecular complexity index is 286. The van der Waals surface area contributed by atoms with Crippen LogP contribution in [0.4, 0.5) is 0 Å². The van der Waals surface area contributed by atoms with E-state index in [-0.39, 0.29) is 29.9 Å². The van der Waals surface area contributed by atoms with Gasteiger partial charge in [0.25, 0.3) is 0 Å². The normalized spacial score (nSPS) is 41.6. The molecule has 0 aromatic heterocycles. The quantitative estimate of drug-likeness (QED) is 0.592. The van der Waals surface area contributed by atoms with Crippen molar-refractivity contribution in [1.82, 2.24) is 0 Å². The van der Waals surface area contributed by atoms with Gasteiger partial charge in [-0.05, 0) is 0 Å². The lowest BCUT2D eigenvalue weighted by Gasteiger charge is -2.43. The number of methoxy groups -OCH3 is 2. The van der Waals surface area contributed by atoms with Gasteiger partial charge in [-0.25, -0.2) is 0 Å². The van der Waals surface area contributed by atoms with Crippen LogP contribution in [0.1, 0.15) is 0 Å². The van der Waals surface area contributed by atoms with Gasteiger partial charge in [0.15, 0.2) is 0 Å². The van der Waals surface area contributed by atoms with Crippen molar-refractivity contribution in [2.24, 2.45) is 0 Å². The van der Waals surface area contributed by atoms with Gasteiger partial charge in [0, 0.05) is 14.2 Å². The van der Waals surface area contributed by atoms with Gasteiger partial charge in [-0.1, -0.05) is 12.2 Å². The largest absolute Gasteiger partial charge is 0.376 e. The van der Waals surface area contributed by atoms with Crippen LogP contribution in [0.2, 0.25) is 0 Å². The van der Waals surface area contributed by atoms with Gasteiger partial charge >= 0.3 is 0 Å². The van der Waals surface area contributed by atoms with E-state index < -0.39 is 0 Å². The highest BCUT2D eigenvalue weighted by atomic mass is 32.1. The Kier molecular flexibility index (Phi) is 5.47. The highest BCUT2D eigenvalue weighted by Crippen LogP contribution is 2.29. The Morgan fingerprint density at radius 3 is 2.56 bits per heavy atom. The molecule has 2 rings (SSSR count). The molecule has 104 valence electrons. The summed E-state index contributed by atoms with van der Waals surface area (Å²) < 4.78 is 28.0. The Morgan fingerprint density at radius 2 is 1.83 bits per heavy atom. The molecule has 0 radical (unpaired) electrons. The first kappa shape index (κ1) is 14.3. The summed E-state index contributed by atoms with van der Waals surface area (Å²) in [5, 5.41) is 0.